The molecule has 0 aromatic rings. The van der Waals surface area contributed by atoms with Crippen LogP contribution in [0.3, 0.4) is 0 Å². The summed E-state index contributed by atoms with van der Waals surface area (Å²) in [6.45, 7) is 5.64. The maximum Gasteiger partial charge on any atom is 0.411 e. The fraction of sp³-hybridized carbons (Fsp3) is 0.769. The summed E-state index contributed by atoms with van der Waals surface area (Å²) in [7, 11) is 1.25. The van der Waals surface area contributed by atoms with Crippen molar-refractivity contribution < 1.29 is 23.9 Å². The predicted molar refractivity (Wildman–Crippen MR) is 67.6 cm³/mol. The number of methoxy groups -OCH3 is 1. The lowest BCUT2D eigenvalue weighted by molar-refractivity contribution is -0.154. The Morgan fingerprint density at radius 3 is 2.47 bits per heavy atom. The van der Waals surface area contributed by atoms with E-state index < -0.39 is 23.2 Å². The molecule has 19 heavy (non-hydrogen) atoms. The summed E-state index contributed by atoms with van der Waals surface area (Å²) in [6.07, 6.45) is 1.04. The minimum atomic E-state index is -1.21. The number of carbonyl (C=O) groups excluding carboxylic acids is 3. The lowest BCUT2D eigenvalue weighted by Crippen LogP contribution is -2.55. The zero-order chi connectivity index (χ0) is 14.7. The largest absolute Gasteiger partial charge is 0.467 e. The Bertz CT molecular complexity index is 374. The number of rotatable bonds is 3. The van der Waals surface area contributed by atoms with E-state index in [4.69, 9.17) is 9.47 Å². The van der Waals surface area contributed by atoms with Gasteiger partial charge >= 0.3 is 12.1 Å². The molecule has 0 bridgehead atoms. The van der Waals surface area contributed by atoms with Crippen LogP contribution in [0.5, 0.6) is 0 Å². The maximum atomic E-state index is 12.2. The average molecular weight is 271 g/mol. The molecule has 1 fully saturated rings. The molecule has 0 saturated carbocycles. The molecule has 0 radical (unpaired) electrons. The summed E-state index contributed by atoms with van der Waals surface area (Å²) >= 11 is 0. The van der Waals surface area contributed by atoms with Gasteiger partial charge in [0.05, 0.1) is 7.11 Å². The molecule has 1 heterocycles. The number of likely N-dealkylation sites (tertiary alicyclic amines) is 1. The Labute approximate surface area is 113 Å². The zero-order valence-electron chi connectivity index (χ0n) is 11.9. The normalized spacial score (nSPS) is 23.1. The van der Waals surface area contributed by atoms with Crippen molar-refractivity contribution in [1.29, 1.82) is 0 Å². The van der Waals surface area contributed by atoms with Gasteiger partial charge in [-0.25, -0.2) is 9.59 Å². The molecule has 0 aromatic heterocycles. The molecule has 6 nitrogen and oxygen atoms in total. The van der Waals surface area contributed by atoms with Gasteiger partial charge in [-0.15, -0.1) is 0 Å². The van der Waals surface area contributed by atoms with Crippen molar-refractivity contribution in [3.63, 3.8) is 0 Å². The monoisotopic (exact) mass is 271 g/mol. The van der Waals surface area contributed by atoms with Crippen LogP contribution < -0.4 is 0 Å². The standard InChI is InChI=1S/C13H21NO5/c1-12(2,3)19-11(17)14-8-5-6-13(14,7-9-15)10(16)18-4/h9H,5-8H2,1-4H3/t13-/m1/s1. The summed E-state index contributed by atoms with van der Waals surface area (Å²) in [5.41, 5.74) is -1.86. The molecule has 1 saturated heterocycles. The van der Waals surface area contributed by atoms with E-state index in [1.807, 2.05) is 0 Å². The van der Waals surface area contributed by atoms with Crippen molar-refractivity contribution in [3.8, 4) is 0 Å². The Morgan fingerprint density at radius 2 is 2.00 bits per heavy atom. The topological polar surface area (TPSA) is 72.9 Å². The third kappa shape index (κ3) is 3.24. The number of aldehydes is 1. The minimum absolute atomic E-state index is 0.0705. The summed E-state index contributed by atoms with van der Waals surface area (Å²) < 4.78 is 10.0. The second-order valence-electron chi connectivity index (χ2n) is 5.63. The molecule has 6 heteroatoms. The van der Waals surface area contributed by atoms with Gasteiger partial charge in [0, 0.05) is 13.0 Å². The molecule has 1 aliphatic rings. The van der Waals surface area contributed by atoms with Crippen molar-refractivity contribution in [2.24, 2.45) is 0 Å². The van der Waals surface area contributed by atoms with Gasteiger partial charge in [0.1, 0.15) is 11.9 Å². The van der Waals surface area contributed by atoms with Crippen LogP contribution in [0, 0.1) is 0 Å². The number of hydrogen-bond acceptors (Lipinski definition) is 5. The average Bonchev–Trinajstić information content (AvgIpc) is 2.71. The van der Waals surface area contributed by atoms with Gasteiger partial charge in [0.25, 0.3) is 0 Å². The van der Waals surface area contributed by atoms with E-state index in [9.17, 15) is 14.4 Å². The third-order valence-corrected chi connectivity index (χ3v) is 3.09. The minimum Gasteiger partial charge on any atom is -0.467 e. The number of nitrogens with zero attached hydrogens (tertiary/aromatic N) is 1. The van der Waals surface area contributed by atoms with E-state index >= 15 is 0 Å². The fourth-order valence-corrected chi connectivity index (χ4v) is 2.30. The molecule has 1 rings (SSSR count). The fourth-order valence-electron chi connectivity index (χ4n) is 2.30. The van der Waals surface area contributed by atoms with Crippen LogP contribution in [0.2, 0.25) is 0 Å². The van der Waals surface area contributed by atoms with Gasteiger partial charge in [-0.1, -0.05) is 0 Å². The first-order valence-corrected chi connectivity index (χ1v) is 6.29. The van der Waals surface area contributed by atoms with Gasteiger partial charge in [-0.3, -0.25) is 4.90 Å². The van der Waals surface area contributed by atoms with E-state index in [-0.39, 0.29) is 6.42 Å². The van der Waals surface area contributed by atoms with Gasteiger partial charge in [-0.2, -0.15) is 0 Å². The predicted octanol–water partition coefficient (Wildman–Crippen LogP) is 1.52. The van der Waals surface area contributed by atoms with Gasteiger partial charge in [0.15, 0.2) is 5.54 Å². The molecule has 0 unspecified atom stereocenters. The summed E-state index contributed by atoms with van der Waals surface area (Å²) in [5, 5.41) is 0. The van der Waals surface area contributed by atoms with Crippen molar-refractivity contribution in [3.05, 3.63) is 0 Å². The molecular formula is C13H21NO5. The number of carbonyl (C=O) groups is 3. The van der Waals surface area contributed by atoms with Gasteiger partial charge in [0.2, 0.25) is 0 Å². The second kappa shape index (κ2) is 5.59. The Kier molecular flexibility index (Phi) is 4.55. The summed E-state index contributed by atoms with van der Waals surface area (Å²) in [6, 6.07) is 0. The molecule has 0 N–H and O–H groups in total. The highest BCUT2D eigenvalue weighted by atomic mass is 16.6. The van der Waals surface area contributed by atoms with E-state index in [0.29, 0.717) is 25.7 Å². The van der Waals surface area contributed by atoms with Gasteiger partial charge in [-0.05, 0) is 33.6 Å². The van der Waals surface area contributed by atoms with Gasteiger partial charge < -0.3 is 14.3 Å². The molecule has 1 aliphatic heterocycles. The number of ether oxygens (including phenoxy) is 2. The zero-order valence-corrected chi connectivity index (χ0v) is 11.9. The molecule has 108 valence electrons. The molecule has 1 atom stereocenters. The van der Waals surface area contributed by atoms with Crippen LogP contribution in [0.25, 0.3) is 0 Å². The Morgan fingerprint density at radius 1 is 1.37 bits per heavy atom. The van der Waals surface area contributed by atoms with Crippen LogP contribution >= 0.6 is 0 Å². The number of hydrogen-bond donors (Lipinski definition) is 0. The summed E-state index contributed by atoms with van der Waals surface area (Å²) in [4.78, 5) is 36.3. The molecule has 0 aromatic carbocycles. The van der Waals surface area contributed by atoms with Crippen molar-refractivity contribution in [2.75, 3.05) is 13.7 Å². The first-order valence-electron chi connectivity index (χ1n) is 6.29. The summed E-state index contributed by atoms with van der Waals surface area (Å²) in [5.74, 6) is -0.567. The maximum absolute atomic E-state index is 12.2. The number of esters is 1. The van der Waals surface area contributed by atoms with Crippen LogP contribution in [0.15, 0.2) is 0 Å². The Balaban J connectivity index is 3.00. The Hall–Kier alpha value is -1.59. The van der Waals surface area contributed by atoms with Crippen LogP contribution in [0.4, 0.5) is 4.79 Å². The molecule has 1 amide bonds. The highest BCUT2D eigenvalue weighted by molar-refractivity contribution is 5.89. The number of amides is 1. The van der Waals surface area contributed by atoms with Crippen molar-refractivity contribution in [1.82, 2.24) is 4.90 Å². The van der Waals surface area contributed by atoms with E-state index in [1.165, 1.54) is 12.0 Å². The second-order valence-corrected chi connectivity index (χ2v) is 5.63. The van der Waals surface area contributed by atoms with Crippen LogP contribution in [0.1, 0.15) is 40.0 Å². The van der Waals surface area contributed by atoms with E-state index in [0.717, 1.165) is 0 Å². The van der Waals surface area contributed by atoms with E-state index in [1.54, 1.807) is 20.8 Å². The highest BCUT2D eigenvalue weighted by Crippen LogP contribution is 2.34. The van der Waals surface area contributed by atoms with Crippen molar-refractivity contribution >= 4 is 18.3 Å². The molecular weight excluding hydrogens is 250 g/mol. The highest BCUT2D eigenvalue weighted by Gasteiger charge is 2.51. The third-order valence-electron chi connectivity index (χ3n) is 3.09. The van der Waals surface area contributed by atoms with E-state index in [2.05, 4.69) is 0 Å². The first-order chi connectivity index (χ1) is 8.77. The smallest absolute Gasteiger partial charge is 0.411 e. The molecule has 0 spiro atoms. The quantitative estimate of drug-likeness (QED) is 0.574. The van der Waals surface area contributed by atoms with Crippen LogP contribution in [-0.2, 0) is 19.1 Å². The SMILES string of the molecule is COC(=O)[C@]1(CC=O)CCCN1C(=O)OC(C)(C)C. The lowest BCUT2D eigenvalue weighted by atomic mass is 9.93. The first kappa shape index (κ1) is 15.5. The van der Waals surface area contributed by atoms with Crippen LogP contribution in [-0.4, -0.2) is 48.0 Å². The molecule has 0 aliphatic carbocycles. The van der Waals surface area contributed by atoms with Crippen molar-refractivity contribution in [2.45, 2.75) is 51.2 Å². The lowest BCUT2D eigenvalue weighted by Gasteiger charge is -2.35.